The minimum absolute atomic E-state index is 0.436. The van der Waals surface area contributed by atoms with E-state index in [9.17, 15) is 0 Å². The van der Waals surface area contributed by atoms with E-state index in [1.807, 2.05) is 36.4 Å². The van der Waals surface area contributed by atoms with E-state index in [4.69, 9.17) is 4.74 Å². The second-order valence-corrected chi connectivity index (χ2v) is 5.81. The molecule has 0 spiro atoms. The summed E-state index contributed by atoms with van der Waals surface area (Å²) in [5.41, 5.74) is 1.06. The first kappa shape index (κ1) is 14.3. The minimum Gasteiger partial charge on any atom is -0.439 e. The van der Waals surface area contributed by atoms with Crippen molar-refractivity contribution in [3.63, 3.8) is 0 Å². The molecular formula is C15H17IN2O. The highest BCUT2D eigenvalue weighted by molar-refractivity contribution is 14.1. The summed E-state index contributed by atoms with van der Waals surface area (Å²) in [4.78, 5) is 4.32. The molecule has 0 fully saturated rings. The molecule has 0 atom stereocenters. The van der Waals surface area contributed by atoms with Gasteiger partial charge in [-0.25, -0.2) is 4.98 Å². The van der Waals surface area contributed by atoms with Gasteiger partial charge in [-0.15, -0.1) is 0 Å². The molecule has 0 aliphatic rings. The molecule has 19 heavy (non-hydrogen) atoms. The normalized spacial score (nSPS) is 10.7. The zero-order chi connectivity index (χ0) is 13.7. The topological polar surface area (TPSA) is 34.2 Å². The third-order valence-corrected chi connectivity index (χ3v) is 3.23. The molecule has 0 unspecified atom stereocenters. The number of pyridine rings is 1. The average molecular weight is 368 g/mol. The van der Waals surface area contributed by atoms with E-state index in [-0.39, 0.29) is 0 Å². The zero-order valence-electron chi connectivity index (χ0n) is 11.1. The van der Waals surface area contributed by atoms with Crippen molar-refractivity contribution in [1.29, 1.82) is 0 Å². The Kier molecular flexibility index (Phi) is 5.15. The number of benzene rings is 1. The fourth-order valence-corrected chi connectivity index (χ4v) is 2.12. The van der Waals surface area contributed by atoms with E-state index >= 15 is 0 Å². The van der Waals surface area contributed by atoms with Gasteiger partial charge in [0.2, 0.25) is 5.88 Å². The van der Waals surface area contributed by atoms with Gasteiger partial charge in [0.05, 0.1) is 0 Å². The van der Waals surface area contributed by atoms with Crippen LogP contribution in [0.4, 0.5) is 0 Å². The van der Waals surface area contributed by atoms with Crippen molar-refractivity contribution in [2.45, 2.75) is 26.4 Å². The molecule has 0 saturated carbocycles. The molecule has 2 aromatic rings. The molecule has 0 bridgehead atoms. The van der Waals surface area contributed by atoms with Crippen molar-refractivity contribution in [2.24, 2.45) is 0 Å². The summed E-state index contributed by atoms with van der Waals surface area (Å²) in [5.74, 6) is 1.48. The molecule has 3 nitrogen and oxygen atoms in total. The smallest absolute Gasteiger partial charge is 0.223 e. The fraction of sp³-hybridized carbons (Fsp3) is 0.267. The lowest BCUT2D eigenvalue weighted by atomic mass is 10.2. The van der Waals surface area contributed by atoms with E-state index < -0.39 is 0 Å². The highest BCUT2D eigenvalue weighted by atomic mass is 127. The number of nitrogens with zero attached hydrogens (tertiary/aromatic N) is 1. The summed E-state index contributed by atoms with van der Waals surface area (Å²) in [6, 6.07) is 12.3. The molecular weight excluding hydrogens is 351 g/mol. The van der Waals surface area contributed by atoms with Gasteiger partial charge in [0.25, 0.3) is 0 Å². The van der Waals surface area contributed by atoms with E-state index in [0.717, 1.165) is 21.4 Å². The first-order valence-corrected chi connectivity index (χ1v) is 7.33. The van der Waals surface area contributed by atoms with Crippen LogP contribution in [-0.2, 0) is 6.54 Å². The Morgan fingerprint density at radius 2 is 2.11 bits per heavy atom. The van der Waals surface area contributed by atoms with Crippen LogP contribution in [0.25, 0.3) is 0 Å². The van der Waals surface area contributed by atoms with Crippen molar-refractivity contribution in [1.82, 2.24) is 10.3 Å². The first-order chi connectivity index (χ1) is 9.15. The highest BCUT2D eigenvalue weighted by Gasteiger charge is 2.06. The molecule has 100 valence electrons. The Labute approximate surface area is 127 Å². The van der Waals surface area contributed by atoms with E-state index in [0.29, 0.717) is 11.9 Å². The van der Waals surface area contributed by atoms with E-state index in [1.54, 1.807) is 6.20 Å². The van der Waals surface area contributed by atoms with Crippen LogP contribution in [0, 0.1) is 3.57 Å². The SMILES string of the molecule is CC(C)NCc1cccnc1Oc1cccc(I)c1. The van der Waals surface area contributed by atoms with Crippen LogP contribution in [0.3, 0.4) is 0 Å². The van der Waals surface area contributed by atoms with Crippen LogP contribution in [0.1, 0.15) is 19.4 Å². The maximum absolute atomic E-state index is 5.87. The second-order valence-electron chi connectivity index (χ2n) is 4.56. The summed E-state index contributed by atoms with van der Waals surface area (Å²) in [5, 5.41) is 3.38. The van der Waals surface area contributed by atoms with Crippen molar-refractivity contribution in [2.75, 3.05) is 0 Å². The zero-order valence-corrected chi connectivity index (χ0v) is 13.2. The summed E-state index contributed by atoms with van der Waals surface area (Å²) in [7, 11) is 0. The third-order valence-electron chi connectivity index (χ3n) is 2.56. The van der Waals surface area contributed by atoms with Gasteiger partial charge < -0.3 is 10.1 Å². The molecule has 4 heteroatoms. The summed E-state index contributed by atoms with van der Waals surface area (Å²) >= 11 is 2.27. The molecule has 0 aliphatic heterocycles. The number of nitrogens with one attached hydrogen (secondary N) is 1. The average Bonchev–Trinajstić information content (AvgIpc) is 2.38. The van der Waals surface area contributed by atoms with Gasteiger partial charge in [-0.05, 0) is 46.9 Å². The Morgan fingerprint density at radius 1 is 1.26 bits per heavy atom. The maximum atomic E-state index is 5.87. The summed E-state index contributed by atoms with van der Waals surface area (Å²) in [6.07, 6.45) is 1.75. The van der Waals surface area contributed by atoms with Gasteiger partial charge in [0.15, 0.2) is 0 Å². The predicted molar refractivity (Wildman–Crippen MR) is 85.4 cm³/mol. The second kappa shape index (κ2) is 6.86. The minimum atomic E-state index is 0.436. The number of hydrogen-bond acceptors (Lipinski definition) is 3. The number of aromatic nitrogens is 1. The lowest BCUT2D eigenvalue weighted by Crippen LogP contribution is -2.22. The summed E-state index contributed by atoms with van der Waals surface area (Å²) in [6.45, 7) is 5.00. The molecule has 1 N–H and O–H groups in total. The maximum Gasteiger partial charge on any atom is 0.223 e. The molecule has 0 aliphatic carbocycles. The highest BCUT2D eigenvalue weighted by Crippen LogP contribution is 2.24. The van der Waals surface area contributed by atoms with Crippen LogP contribution < -0.4 is 10.1 Å². The third kappa shape index (κ3) is 4.47. The first-order valence-electron chi connectivity index (χ1n) is 6.26. The lowest BCUT2D eigenvalue weighted by Gasteiger charge is -2.12. The van der Waals surface area contributed by atoms with Crippen LogP contribution in [0.2, 0.25) is 0 Å². The Morgan fingerprint density at radius 3 is 2.84 bits per heavy atom. The Balaban J connectivity index is 2.15. The molecule has 0 radical (unpaired) electrons. The largest absolute Gasteiger partial charge is 0.439 e. The number of ether oxygens (including phenoxy) is 1. The van der Waals surface area contributed by atoms with Gasteiger partial charge in [-0.1, -0.05) is 26.0 Å². The van der Waals surface area contributed by atoms with E-state index in [1.165, 1.54) is 0 Å². The van der Waals surface area contributed by atoms with Gasteiger partial charge in [0.1, 0.15) is 5.75 Å². The molecule has 1 heterocycles. The van der Waals surface area contributed by atoms with Crippen LogP contribution in [0.15, 0.2) is 42.6 Å². The molecule has 0 amide bonds. The lowest BCUT2D eigenvalue weighted by molar-refractivity contribution is 0.450. The number of hydrogen-bond donors (Lipinski definition) is 1. The van der Waals surface area contributed by atoms with Crippen LogP contribution in [0.5, 0.6) is 11.6 Å². The van der Waals surface area contributed by atoms with Crippen molar-refractivity contribution in [3.05, 3.63) is 51.7 Å². The quantitative estimate of drug-likeness (QED) is 0.811. The molecule has 1 aromatic carbocycles. The van der Waals surface area contributed by atoms with E-state index in [2.05, 4.69) is 46.7 Å². The van der Waals surface area contributed by atoms with Crippen molar-refractivity contribution >= 4 is 22.6 Å². The van der Waals surface area contributed by atoms with Gasteiger partial charge >= 0.3 is 0 Å². The van der Waals surface area contributed by atoms with Crippen LogP contribution in [-0.4, -0.2) is 11.0 Å². The number of halogens is 1. The molecule has 2 rings (SSSR count). The van der Waals surface area contributed by atoms with Gasteiger partial charge in [-0.3, -0.25) is 0 Å². The van der Waals surface area contributed by atoms with Gasteiger partial charge in [-0.2, -0.15) is 0 Å². The van der Waals surface area contributed by atoms with Crippen molar-refractivity contribution < 1.29 is 4.74 Å². The standard InChI is InChI=1S/C15H17IN2O/c1-11(2)18-10-12-5-4-8-17-15(12)19-14-7-3-6-13(16)9-14/h3-9,11,18H,10H2,1-2H3. The number of rotatable bonds is 5. The van der Waals surface area contributed by atoms with Crippen molar-refractivity contribution in [3.8, 4) is 11.6 Å². The predicted octanol–water partition coefficient (Wildman–Crippen LogP) is 3.98. The van der Waals surface area contributed by atoms with Gasteiger partial charge in [0, 0.05) is 27.9 Å². The summed E-state index contributed by atoms with van der Waals surface area (Å²) < 4.78 is 7.01. The molecule has 0 saturated heterocycles. The Bertz CT molecular complexity index is 543. The Hall–Kier alpha value is -1.14. The monoisotopic (exact) mass is 368 g/mol. The van der Waals surface area contributed by atoms with Crippen LogP contribution >= 0.6 is 22.6 Å². The molecule has 1 aromatic heterocycles. The fourth-order valence-electron chi connectivity index (χ4n) is 1.61.